The summed E-state index contributed by atoms with van der Waals surface area (Å²) in [7, 11) is -0.385. The number of nitrogens with zero attached hydrogens (tertiary/aromatic N) is 1. The van der Waals surface area contributed by atoms with Crippen LogP contribution < -0.4 is 5.32 Å². The summed E-state index contributed by atoms with van der Waals surface area (Å²) in [5, 5.41) is 14.0. The molecule has 0 aromatic heterocycles. The molecule has 0 unspecified atom stereocenters. The van der Waals surface area contributed by atoms with Crippen LogP contribution in [0.15, 0.2) is 82.6 Å². The number of carbonyl (C=O) groups is 1. The minimum absolute atomic E-state index is 0. The van der Waals surface area contributed by atoms with Gasteiger partial charge in [-0.05, 0) is 72.6 Å². The fraction of sp³-hybridized carbons (Fsp3) is 0.240. The van der Waals surface area contributed by atoms with E-state index < -0.39 is 15.9 Å². The number of nitrogens with one attached hydrogen (secondary N) is 1. The predicted molar refractivity (Wildman–Crippen MR) is 137 cm³/mol. The van der Waals surface area contributed by atoms with Gasteiger partial charge in [-0.15, -0.1) is 12.4 Å². The molecule has 0 aliphatic rings. The minimum atomic E-state index is -3.67. The summed E-state index contributed by atoms with van der Waals surface area (Å²) in [6.07, 6.45) is 0.0276. The van der Waals surface area contributed by atoms with E-state index in [1.807, 2.05) is 6.07 Å². The minimum Gasteiger partial charge on any atom is -0.387 e. The van der Waals surface area contributed by atoms with Gasteiger partial charge in [0.1, 0.15) is 0 Å². The topological polar surface area (TPSA) is 86.7 Å². The van der Waals surface area contributed by atoms with Gasteiger partial charge in [-0.2, -0.15) is 0 Å². The summed E-state index contributed by atoms with van der Waals surface area (Å²) in [6.45, 7) is 1.02. The van der Waals surface area contributed by atoms with E-state index in [9.17, 15) is 18.3 Å². The van der Waals surface area contributed by atoms with Crippen LogP contribution in [0, 0.1) is 0 Å². The Morgan fingerprint density at radius 3 is 2.15 bits per heavy atom. The molecule has 3 aromatic carbocycles. The summed E-state index contributed by atoms with van der Waals surface area (Å²) in [6, 6.07) is 19.8. The third-order valence-corrected chi connectivity index (χ3v) is 7.23. The second-order valence-electron chi connectivity index (χ2n) is 7.90. The average Bonchev–Trinajstić information content (AvgIpc) is 2.81. The van der Waals surface area contributed by atoms with Gasteiger partial charge in [0.15, 0.2) is 0 Å². The van der Waals surface area contributed by atoms with Crippen LogP contribution >= 0.6 is 24.0 Å². The molecule has 0 aliphatic carbocycles. The van der Waals surface area contributed by atoms with E-state index in [-0.39, 0.29) is 28.1 Å². The summed E-state index contributed by atoms with van der Waals surface area (Å²) in [5.74, 6) is -0.183. The van der Waals surface area contributed by atoms with Gasteiger partial charge in [-0.25, -0.2) is 8.42 Å². The van der Waals surface area contributed by atoms with Crippen LogP contribution in [0.25, 0.3) is 0 Å². The summed E-state index contributed by atoms with van der Waals surface area (Å²) in [4.78, 5) is 13.8. The molecule has 0 saturated heterocycles. The summed E-state index contributed by atoms with van der Waals surface area (Å²) < 4.78 is 25.8. The van der Waals surface area contributed by atoms with Crippen LogP contribution in [-0.2, 0) is 16.3 Å². The molecule has 34 heavy (non-hydrogen) atoms. The van der Waals surface area contributed by atoms with Gasteiger partial charge in [-0.1, -0.05) is 35.9 Å². The third kappa shape index (κ3) is 7.04. The fourth-order valence-corrected chi connectivity index (χ4v) is 4.77. The van der Waals surface area contributed by atoms with E-state index >= 15 is 0 Å². The van der Waals surface area contributed by atoms with E-state index in [0.717, 1.165) is 11.1 Å². The number of halogens is 2. The predicted octanol–water partition coefficient (Wildman–Crippen LogP) is 4.16. The molecular weight excluding hydrogens is 495 g/mol. The van der Waals surface area contributed by atoms with Crippen molar-refractivity contribution in [1.29, 1.82) is 0 Å². The van der Waals surface area contributed by atoms with Crippen molar-refractivity contribution in [3.05, 3.63) is 94.5 Å². The highest BCUT2D eigenvalue weighted by molar-refractivity contribution is 7.91. The van der Waals surface area contributed by atoms with E-state index in [4.69, 9.17) is 11.6 Å². The summed E-state index contributed by atoms with van der Waals surface area (Å²) >= 11 is 5.96. The van der Waals surface area contributed by atoms with Crippen molar-refractivity contribution in [2.45, 2.75) is 22.3 Å². The van der Waals surface area contributed by atoms with Crippen LogP contribution in [0.5, 0.6) is 0 Å². The van der Waals surface area contributed by atoms with Crippen molar-refractivity contribution in [2.75, 3.05) is 27.2 Å². The Bertz CT molecular complexity index is 1200. The SMILES string of the molecule is CN(C)C(=O)c1ccc(S(=O)(=O)c2ccc(CCNC[C@@H](O)c3cccc(Cl)c3)cc2)cc1.Cl. The first-order valence-corrected chi connectivity index (χ1v) is 12.3. The molecular formula is C25H28Cl2N2O4S. The number of aliphatic hydroxyl groups excluding tert-OH is 1. The molecule has 0 aliphatic heterocycles. The molecule has 0 fully saturated rings. The molecule has 0 bridgehead atoms. The first kappa shape index (κ1) is 27.8. The number of benzene rings is 3. The van der Waals surface area contributed by atoms with Crippen LogP contribution in [0.2, 0.25) is 5.02 Å². The molecule has 0 spiro atoms. The molecule has 1 amide bonds. The van der Waals surface area contributed by atoms with Gasteiger partial charge in [0.25, 0.3) is 5.91 Å². The normalized spacial score (nSPS) is 12.0. The maximum Gasteiger partial charge on any atom is 0.253 e. The molecule has 1 atom stereocenters. The Kier molecular flexibility index (Phi) is 10.1. The van der Waals surface area contributed by atoms with Crippen LogP contribution in [0.3, 0.4) is 0 Å². The van der Waals surface area contributed by atoms with Gasteiger partial charge in [0.05, 0.1) is 15.9 Å². The molecule has 3 rings (SSSR count). The Morgan fingerprint density at radius 2 is 1.59 bits per heavy atom. The molecule has 182 valence electrons. The largest absolute Gasteiger partial charge is 0.387 e. The second kappa shape index (κ2) is 12.3. The van der Waals surface area contributed by atoms with E-state index in [1.165, 1.54) is 29.2 Å². The van der Waals surface area contributed by atoms with Gasteiger partial charge < -0.3 is 15.3 Å². The highest BCUT2D eigenvalue weighted by atomic mass is 35.5. The van der Waals surface area contributed by atoms with Crippen molar-refractivity contribution in [3.63, 3.8) is 0 Å². The molecule has 0 radical (unpaired) electrons. The monoisotopic (exact) mass is 522 g/mol. The average molecular weight is 523 g/mol. The molecule has 3 aromatic rings. The van der Waals surface area contributed by atoms with Crippen molar-refractivity contribution in [1.82, 2.24) is 10.2 Å². The molecule has 9 heteroatoms. The lowest BCUT2D eigenvalue weighted by Gasteiger charge is -2.13. The number of rotatable bonds is 9. The van der Waals surface area contributed by atoms with Gasteiger partial charge in [-0.3, -0.25) is 4.79 Å². The molecule has 2 N–H and O–H groups in total. The smallest absolute Gasteiger partial charge is 0.253 e. The Balaban J connectivity index is 0.00000408. The van der Waals surface area contributed by atoms with Crippen molar-refractivity contribution < 1.29 is 18.3 Å². The fourth-order valence-electron chi connectivity index (χ4n) is 3.31. The zero-order valence-electron chi connectivity index (χ0n) is 18.9. The third-order valence-electron chi connectivity index (χ3n) is 5.21. The van der Waals surface area contributed by atoms with Crippen LogP contribution in [-0.4, -0.2) is 51.5 Å². The lowest BCUT2D eigenvalue weighted by Crippen LogP contribution is -2.23. The zero-order chi connectivity index (χ0) is 24.0. The maximum absolute atomic E-state index is 12.9. The van der Waals surface area contributed by atoms with Crippen molar-refractivity contribution >= 4 is 39.8 Å². The number of carbonyl (C=O) groups excluding carboxylic acids is 1. The van der Waals surface area contributed by atoms with Gasteiger partial charge in [0.2, 0.25) is 9.84 Å². The first-order valence-electron chi connectivity index (χ1n) is 10.5. The number of amides is 1. The van der Waals surface area contributed by atoms with E-state index in [0.29, 0.717) is 30.1 Å². The van der Waals surface area contributed by atoms with Crippen molar-refractivity contribution in [2.24, 2.45) is 0 Å². The Morgan fingerprint density at radius 1 is 1.00 bits per heavy atom. The summed E-state index contributed by atoms with van der Waals surface area (Å²) in [5.41, 5.74) is 2.16. The standard InChI is InChI=1S/C25H27ClN2O4S.ClH/c1-28(2)25(30)19-8-12-23(13-9-19)33(31,32)22-10-6-18(7-11-22)14-15-27-17-24(29)20-4-3-5-21(26)16-20;/h3-13,16,24,27,29H,14-15,17H2,1-2H3;1H/t24-;/m1./s1. The quantitative estimate of drug-likeness (QED) is 0.412. The first-order chi connectivity index (χ1) is 15.7. The molecule has 0 heterocycles. The molecule has 6 nitrogen and oxygen atoms in total. The number of hydrogen-bond acceptors (Lipinski definition) is 5. The number of sulfone groups is 1. The second-order valence-corrected chi connectivity index (χ2v) is 10.3. The van der Waals surface area contributed by atoms with Crippen LogP contribution in [0.1, 0.15) is 27.6 Å². The van der Waals surface area contributed by atoms with Crippen molar-refractivity contribution in [3.8, 4) is 0 Å². The van der Waals surface area contributed by atoms with Gasteiger partial charge in [0, 0.05) is 31.2 Å². The van der Waals surface area contributed by atoms with E-state index in [2.05, 4.69) is 5.32 Å². The zero-order valence-corrected chi connectivity index (χ0v) is 21.3. The molecule has 0 saturated carbocycles. The van der Waals surface area contributed by atoms with E-state index in [1.54, 1.807) is 56.6 Å². The Hall–Kier alpha value is -2.42. The highest BCUT2D eigenvalue weighted by Gasteiger charge is 2.18. The maximum atomic E-state index is 12.9. The lowest BCUT2D eigenvalue weighted by molar-refractivity contribution is 0.0827. The lowest BCUT2D eigenvalue weighted by atomic mass is 10.1. The number of hydrogen-bond donors (Lipinski definition) is 2. The Labute approximate surface area is 211 Å². The highest BCUT2D eigenvalue weighted by Crippen LogP contribution is 2.22. The number of aliphatic hydroxyl groups is 1. The van der Waals surface area contributed by atoms with Gasteiger partial charge >= 0.3 is 0 Å². The van der Waals surface area contributed by atoms with Crippen LogP contribution in [0.4, 0.5) is 0 Å².